The van der Waals surface area contributed by atoms with Crippen molar-refractivity contribution >= 4 is 12.4 Å². The van der Waals surface area contributed by atoms with Gasteiger partial charge in [0, 0.05) is 13.1 Å². The van der Waals surface area contributed by atoms with Crippen LogP contribution >= 0.6 is 12.4 Å². The molecule has 0 aromatic rings. The lowest BCUT2D eigenvalue weighted by Crippen LogP contribution is -2.12. The fourth-order valence-corrected chi connectivity index (χ4v) is 0.462. The van der Waals surface area contributed by atoms with Gasteiger partial charge in [0.2, 0.25) is 0 Å². The van der Waals surface area contributed by atoms with Crippen molar-refractivity contribution < 1.29 is 0 Å². The zero-order chi connectivity index (χ0) is 7.11. The Bertz CT molecular complexity index is 107. The molecule has 0 saturated carbocycles. The van der Waals surface area contributed by atoms with Crippen LogP contribution in [0.1, 0.15) is 13.8 Å². The molecular formula is C8H19ClN2. The third-order valence-electron chi connectivity index (χ3n) is 0.943. The molecule has 68 valence electrons. The average Bonchev–Trinajstić information content (AvgIpc) is 1.80. The van der Waals surface area contributed by atoms with Gasteiger partial charge >= 0.3 is 0 Å². The second-order valence-corrected chi connectivity index (χ2v) is 2.23. The Hall–Kier alpha value is -0.310. The molecule has 0 aromatic heterocycles. The molecule has 0 spiro atoms. The van der Waals surface area contributed by atoms with Gasteiger partial charge in [0.15, 0.2) is 0 Å². The van der Waals surface area contributed by atoms with E-state index in [0.29, 0.717) is 0 Å². The molecule has 11 heavy (non-hydrogen) atoms. The molecular weight excluding hydrogens is 160 g/mol. The highest BCUT2D eigenvalue weighted by atomic mass is 35.5. The number of halogens is 1. The van der Waals surface area contributed by atoms with Crippen molar-refractivity contribution in [2.75, 3.05) is 13.1 Å². The van der Waals surface area contributed by atoms with E-state index in [1.165, 1.54) is 5.57 Å². The Balaban J connectivity index is -0.000000320. The molecule has 0 fully saturated rings. The fraction of sp³-hybridized carbons (Fsp3) is 0.500. The normalized spacial score (nSPS) is 7.09. The van der Waals surface area contributed by atoms with Gasteiger partial charge in [0.25, 0.3) is 0 Å². The Morgan fingerprint density at radius 2 is 1.91 bits per heavy atom. The Morgan fingerprint density at radius 3 is 2.27 bits per heavy atom. The highest BCUT2D eigenvalue weighted by molar-refractivity contribution is 5.85. The van der Waals surface area contributed by atoms with E-state index in [0.717, 1.165) is 13.1 Å². The first-order chi connectivity index (χ1) is 4.27. The van der Waals surface area contributed by atoms with Gasteiger partial charge in [0.05, 0.1) is 0 Å². The third kappa shape index (κ3) is 17.7. The molecule has 0 aromatic carbocycles. The van der Waals surface area contributed by atoms with Gasteiger partial charge in [-0.2, -0.15) is 0 Å². The predicted molar refractivity (Wildman–Crippen MR) is 54.8 cm³/mol. The highest BCUT2D eigenvalue weighted by Gasteiger charge is 1.76. The highest BCUT2D eigenvalue weighted by Crippen LogP contribution is 1.84. The van der Waals surface area contributed by atoms with Crippen molar-refractivity contribution in [3.8, 4) is 0 Å². The first kappa shape index (κ1) is 17.0. The molecule has 4 N–H and O–H groups in total. The zero-order valence-electron chi connectivity index (χ0n) is 7.39. The smallest absolute Gasteiger partial charge is 0.0140 e. The summed E-state index contributed by atoms with van der Waals surface area (Å²) in [7, 11) is 0. The summed E-state index contributed by atoms with van der Waals surface area (Å²) < 4.78 is 0. The van der Waals surface area contributed by atoms with E-state index in [1.54, 1.807) is 0 Å². The number of allylic oxidation sites excluding steroid dienone is 1. The summed E-state index contributed by atoms with van der Waals surface area (Å²) in [4.78, 5) is 0. The summed E-state index contributed by atoms with van der Waals surface area (Å²) >= 11 is 0. The standard InChI is InChI=1S/C8H15N.ClH.H3N/c1-4-6-9-7-5-8(2)3;;/h4-5,9H,1,6-7H2,2-3H3;1H;1H3. The van der Waals surface area contributed by atoms with Crippen LogP contribution in [0.2, 0.25) is 0 Å². The average molecular weight is 179 g/mol. The molecule has 0 atom stereocenters. The minimum atomic E-state index is 0. The summed E-state index contributed by atoms with van der Waals surface area (Å²) in [6, 6.07) is 0. The van der Waals surface area contributed by atoms with Gasteiger partial charge in [-0.3, -0.25) is 0 Å². The molecule has 0 aliphatic carbocycles. The largest absolute Gasteiger partial charge is 0.344 e. The number of rotatable bonds is 4. The van der Waals surface area contributed by atoms with Crippen LogP contribution in [-0.4, -0.2) is 13.1 Å². The summed E-state index contributed by atoms with van der Waals surface area (Å²) in [6.07, 6.45) is 4.02. The lowest BCUT2D eigenvalue weighted by Gasteiger charge is -1.94. The van der Waals surface area contributed by atoms with Crippen LogP contribution in [0.15, 0.2) is 24.3 Å². The molecule has 0 rings (SSSR count). The van der Waals surface area contributed by atoms with Crippen molar-refractivity contribution in [1.82, 2.24) is 11.5 Å². The Kier molecular flexibility index (Phi) is 19.1. The van der Waals surface area contributed by atoms with Gasteiger partial charge in [-0.25, -0.2) is 0 Å². The van der Waals surface area contributed by atoms with Gasteiger partial charge in [-0.1, -0.05) is 17.7 Å². The molecule has 0 radical (unpaired) electrons. The molecule has 0 aliphatic rings. The maximum Gasteiger partial charge on any atom is 0.0140 e. The van der Waals surface area contributed by atoms with Crippen molar-refractivity contribution in [1.29, 1.82) is 0 Å². The van der Waals surface area contributed by atoms with Crippen molar-refractivity contribution in [2.24, 2.45) is 0 Å². The molecule has 0 aliphatic heterocycles. The molecule has 0 saturated heterocycles. The van der Waals surface area contributed by atoms with Crippen molar-refractivity contribution in [3.05, 3.63) is 24.3 Å². The first-order valence-corrected chi connectivity index (χ1v) is 3.22. The van der Waals surface area contributed by atoms with Crippen LogP contribution in [0.5, 0.6) is 0 Å². The predicted octanol–water partition coefficient (Wildman–Crippen LogP) is 2.31. The summed E-state index contributed by atoms with van der Waals surface area (Å²) in [5, 5.41) is 3.17. The monoisotopic (exact) mass is 178 g/mol. The minimum absolute atomic E-state index is 0. The van der Waals surface area contributed by atoms with E-state index in [4.69, 9.17) is 0 Å². The van der Waals surface area contributed by atoms with E-state index in [-0.39, 0.29) is 18.6 Å². The molecule has 0 unspecified atom stereocenters. The van der Waals surface area contributed by atoms with Gasteiger partial charge in [-0.05, 0) is 13.8 Å². The summed E-state index contributed by atoms with van der Waals surface area (Å²) in [5.74, 6) is 0. The molecule has 0 heterocycles. The van der Waals surface area contributed by atoms with Crippen molar-refractivity contribution in [2.45, 2.75) is 13.8 Å². The topological polar surface area (TPSA) is 47.0 Å². The maximum absolute atomic E-state index is 3.59. The second kappa shape index (κ2) is 12.4. The van der Waals surface area contributed by atoms with E-state index in [9.17, 15) is 0 Å². The Morgan fingerprint density at radius 1 is 1.36 bits per heavy atom. The Labute approximate surface area is 75.8 Å². The summed E-state index contributed by atoms with van der Waals surface area (Å²) in [5.41, 5.74) is 1.35. The number of hydrogen-bond donors (Lipinski definition) is 2. The molecule has 2 nitrogen and oxygen atoms in total. The fourth-order valence-electron chi connectivity index (χ4n) is 0.462. The molecule has 0 amide bonds. The van der Waals surface area contributed by atoms with Crippen molar-refractivity contribution in [3.63, 3.8) is 0 Å². The SMILES string of the molecule is C=CCNCC=C(C)C.Cl.N. The second-order valence-electron chi connectivity index (χ2n) is 2.23. The quantitative estimate of drug-likeness (QED) is 0.513. The van der Waals surface area contributed by atoms with Crippen LogP contribution in [0, 0.1) is 0 Å². The summed E-state index contributed by atoms with van der Waals surface area (Å²) in [6.45, 7) is 9.63. The lowest BCUT2D eigenvalue weighted by molar-refractivity contribution is 0.839. The van der Waals surface area contributed by atoms with E-state index in [2.05, 4.69) is 31.8 Å². The maximum atomic E-state index is 3.59. The van der Waals surface area contributed by atoms with Crippen LogP contribution in [0.25, 0.3) is 0 Å². The van der Waals surface area contributed by atoms with Gasteiger partial charge < -0.3 is 11.5 Å². The third-order valence-corrected chi connectivity index (χ3v) is 0.943. The van der Waals surface area contributed by atoms with Crippen LogP contribution < -0.4 is 11.5 Å². The lowest BCUT2D eigenvalue weighted by atomic mass is 10.3. The van der Waals surface area contributed by atoms with Crippen LogP contribution in [0.3, 0.4) is 0 Å². The first-order valence-electron chi connectivity index (χ1n) is 3.22. The van der Waals surface area contributed by atoms with E-state index >= 15 is 0 Å². The van der Waals surface area contributed by atoms with Crippen LogP contribution in [-0.2, 0) is 0 Å². The van der Waals surface area contributed by atoms with Gasteiger partial charge in [-0.15, -0.1) is 19.0 Å². The number of hydrogen-bond acceptors (Lipinski definition) is 2. The minimum Gasteiger partial charge on any atom is -0.344 e. The van der Waals surface area contributed by atoms with E-state index < -0.39 is 0 Å². The zero-order valence-corrected chi connectivity index (χ0v) is 8.21. The van der Waals surface area contributed by atoms with E-state index in [1.807, 2.05) is 6.08 Å². The molecule has 0 bridgehead atoms. The molecule has 3 heteroatoms. The number of nitrogens with one attached hydrogen (secondary N) is 1. The van der Waals surface area contributed by atoms with Crippen LogP contribution in [0.4, 0.5) is 0 Å². The van der Waals surface area contributed by atoms with Gasteiger partial charge in [0.1, 0.15) is 0 Å².